The van der Waals surface area contributed by atoms with E-state index in [2.05, 4.69) is 10.6 Å². The predicted octanol–water partition coefficient (Wildman–Crippen LogP) is 5.70. The van der Waals surface area contributed by atoms with Crippen molar-refractivity contribution in [3.05, 3.63) is 83.4 Å². The normalized spacial score (nSPS) is 10.4. The molecule has 0 aromatic heterocycles. The molecule has 0 saturated heterocycles. The van der Waals surface area contributed by atoms with Crippen molar-refractivity contribution < 1.29 is 19.1 Å². The van der Waals surface area contributed by atoms with Crippen molar-refractivity contribution in [1.29, 1.82) is 0 Å². The molecule has 33 heavy (non-hydrogen) atoms. The van der Waals surface area contributed by atoms with Gasteiger partial charge in [0.1, 0.15) is 0 Å². The Bertz CT molecular complexity index is 1120. The quantitative estimate of drug-likeness (QED) is 0.382. The molecule has 0 fully saturated rings. The minimum absolute atomic E-state index is 0.0421. The molecule has 0 radical (unpaired) electrons. The fourth-order valence-electron chi connectivity index (χ4n) is 2.82. The monoisotopic (exact) mass is 482 g/mol. The lowest BCUT2D eigenvalue weighted by atomic mass is 10.2. The Labute approximate surface area is 201 Å². The summed E-state index contributed by atoms with van der Waals surface area (Å²) >= 11 is 7.48. The molecule has 8 heteroatoms. The van der Waals surface area contributed by atoms with E-state index in [4.69, 9.17) is 16.3 Å². The fourth-order valence-corrected chi connectivity index (χ4v) is 3.76. The summed E-state index contributed by atoms with van der Waals surface area (Å²) in [4.78, 5) is 37.9. The van der Waals surface area contributed by atoms with Crippen molar-refractivity contribution in [3.63, 3.8) is 0 Å². The molecule has 0 aliphatic heterocycles. The van der Waals surface area contributed by atoms with E-state index in [1.807, 2.05) is 61.5 Å². The number of amides is 2. The third kappa shape index (κ3) is 8.63. The number of rotatable bonds is 9. The maximum atomic E-state index is 12.1. The van der Waals surface area contributed by atoms with Crippen LogP contribution in [0.1, 0.15) is 18.4 Å². The van der Waals surface area contributed by atoms with Gasteiger partial charge in [-0.05, 0) is 73.2 Å². The van der Waals surface area contributed by atoms with E-state index in [-0.39, 0.29) is 18.7 Å². The number of esters is 1. The summed E-state index contributed by atoms with van der Waals surface area (Å²) in [5.41, 5.74) is 2.27. The van der Waals surface area contributed by atoms with Gasteiger partial charge in [-0.15, -0.1) is 0 Å². The number of benzene rings is 3. The number of carbonyl (C=O) groups is 3. The lowest BCUT2D eigenvalue weighted by molar-refractivity contribution is -0.147. The van der Waals surface area contributed by atoms with Crippen LogP contribution < -0.4 is 10.6 Å². The van der Waals surface area contributed by atoms with E-state index >= 15 is 0 Å². The molecule has 3 aromatic carbocycles. The Hall–Kier alpha value is -3.29. The molecule has 0 atom stereocenters. The van der Waals surface area contributed by atoms with E-state index in [0.717, 1.165) is 15.4 Å². The Morgan fingerprint density at radius 2 is 1.45 bits per heavy atom. The van der Waals surface area contributed by atoms with Crippen LogP contribution in [0.2, 0.25) is 5.02 Å². The van der Waals surface area contributed by atoms with Gasteiger partial charge in [0.2, 0.25) is 5.91 Å². The molecule has 3 aromatic rings. The Balaban J connectivity index is 1.36. The molecule has 2 N–H and O–H groups in total. The highest BCUT2D eigenvalue weighted by atomic mass is 35.5. The van der Waals surface area contributed by atoms with Gasteiger partial charge in [-0.3, -0.25) is 14.4 Å². The highest BCUT2D eigenvalue weighted by molar-refractivity contribution is 7.99. The largest absolute Gasteiger partial charge is 0.456 e. The maximum absolute atomic E-state index is 12.1. The van der Waals surface area contributed by atoms with Crippen LogP contribution in [0.4, 0.5) is 11.4 Å². The topological polar surface area (TPSA) is 84.5 Å². The summed E-state index contributed by atoms with van der Waals surface area (Å²) in [7, 11) is 0. The summed E-state index contributed by atoms with van der Waals surface area (Å²) in [6, 6.07) is 22.2. The van der Waals surface area contributed by atoms with E-state index in [1.54, 1.807) is 30.0 Å². The summed E-state index contributed by atoms with van der Waals surface area (Å²) in [6.45, 7) is 1.51. The van der Waals surface area contributed by atoms with Gasteiger partial charge in [0.15, 0.2) is 6.61 Å². The van der Waals surface area contributed by atoms with Gasteiger partial charge >= 0.3 is 5.97 Å². The first kappa shape index (κ1) is 24.4. The zero-order chi connectivity index (χ0) is 23.6. The van der Waals surface area contributed by atoms with Gasteiger partial charge in [-0.2, -0.15) is 0 Å². The third-order valence-corrected chi connectivity index (χ3v) is 5.68. The first-order valence-electron chi connectivity index (χ1n) is 10.2. The van der Waals surface area contributed by atoms with E-state index in [9.17, 15) is 14.4 Å². The van der Waals surface area contributed by atoms with Crippen molar-refractivity contribution in [3.8, 4) is 0 Å². The molecule has 0 aliphatic rings. The molecule has 0 heterocycles. The predicted molar refractivity (Wildman–Crippen MR) is 131 cm³/mol. The zero-order valence-corrected chi connectivity index (χ0v) is 19.5. The van der Waals surface area contributed by atoms with Crippen LogP contribution in [0, 0.1) is 6.92 Å². The number of aryl methyl sites for hydroxylation is 1. The van der Waals surface area contributed by atoms with E-state index in [0.29, 0.717) is 16.4 Å². The lowest BCUT2D eigenvalue weighted by Crippen LogP contribution is -2.21. The Kier molecular flexibility index (Phi) is 8.92. The van der Waals surface area contributed by atoms with Crippen LogP contribution in [0.5, 0.6) is 0 Å². The maximum Gasteiger partial charge on any atom is 0.306 e. The Morgan fingerprint density at radius 1 is 0.818 bits per heavy atom. The number of anilines is 2. The molecule has 0 saturated carbocycles. The number of nitrogens with one attached hydrogen (secondary N) is 2. The molecule has 0 unspecified atom stereocenters. The summed E-state index contributed by atoms with van der Waals surface area (Å²) in [5, 5.41) is 6.09. The standard InChI is InChI=1S/C25H23ClN2O4S/c1-17-3-2-4-20(15-17)28-24(30)16-32-25(31)14-13-23(29)27-19-7-11-22(12-8-19)33-21-9-5-18(26)6-10-21/h2-12,15H,13-14,16H2,1H3,(H,27,29)(H,28,30). The summed E-state index contributed by atoms with van der Waals surface area (Å²) in [5.74, 6) is -1.36. The highest BCUT2D eigenvalue weighted by Crippen LogP contribution is 2.29. The molecule has 0 aliphatic carbocycles. The second-order valence-electron chi connectivity index (χ2n) is 7.21. The fraction of sp³-hybridized carbons (Fsp3) is 0.160. The number of carbonyl (C=O) groups excluding carboxylic acids is 3. The third-order valence-electron chi connectivity index (χ3n) is 4.41. The number of hydrogen-bond acceptors (Lipinski definition) is 5. The van der Waals surface area contributed by atoms with E-state index in [1.165, 1.54) is 0 Å². The van der Waals surface area contributed by atoms with Crippen LogP contribution in [0.25, 0.3) is 0 Å². The second kappa shape index (κ2) is 12.1. The van der Waals surface area contributed by atoms with Gasteiger partial charge in [0.05, 0.1) is 6.42 Å². The Morgan fingerprint density at radius 3 is 2.12 bits per heavy atom. The highest BCUT2D eigenvalue weighted by Gasteiger charge is 2.11. The molecule has 6 nitrogen and oxygen atoms in total. The number of ether oxygens (including phenoxy) is 1. The average Bonchev–Trinajstić information content (AvgIpc) is 2.79. The van der Waals surface area contributed by atoms with Crippen molar-refractivity contribution in [1.82, 2.24) is 0 Å². The van der Waals surface area contributed by atoms with Gasteiger partial charge in [-0.1, -0.05) is 35.5 Å². The second-order valence-corrected chi connectivity index (χ2v) is 8.79. The average molecular weight is 483 g/mol. The molecular formula is C25H23ClN2O4S. The minimum atomic E-state index is -0.612. The van der Waals surface area contributed by atoms with Crippen LogP contribution in [0.15, 0.2) is 82.6 Å². The minimum Gasteiger partial charge on any atom is -0.456 e. The van der Waals surface area contributed by atoms with Crippen molar-refractivity contribution >= 4 is 52.5 Å². The van der Waals surface area contributed by atoms with Crippen LogP contribution in [-0.4, -0.2) is 24.4 Å². The van der Waals surface area contributed by atoms with Crippen molar-refractivity contribution in [2.75, 3.05) is 17.2 Å². The van der Waals surface area contributed by atoms with Gasteiger partial charge in [-0.25, -0.2) is 0 Å². The molecule has 0 bridgehead atoms. The van der Waals surface area contributed by atoms with Crippen molar-refractivity contribution in [2.24, 2.45) is 0 Å². The van der Waals surface area contributed by atoms with Gasteiger partial charge in [0, 0.05) is 32.6 Å². The summed E-state index contributed by atoms with van der Waals surface area (Å²) in [6.07, 6.45) is -0.159. The molecular weight excluding hydrogens is 460 g/mol. The molecule has 2 amide bonds. The molecule has 0 spiro atoms. The van der Waals surface area contributed by atoms with Crippen molar-refractivity contribution in [2.45, 2.75) is 29.6 Å². The van der Waals surface area contributed by atoms with Crippen LogP contribution in [0.3, 0.4) is 0 Å². The van der Waals surface area contributed by atoms with Crippen LogP contribution in [-0.2, 0) is 19.1 Å². The molecule has 170 valence electrons. The summed E-state index contributed by atoms with van der Waals surface area (Å²) < 4.78 is 4.94. The number of halogens is 1. The van der Waals surface area contributed by atoms with E-state index < -0.39 is 18.5 Å². The first-order chi connectivity index (χ1) is 15.9. The lowest BCUT2D eigenvalue weighted by Gasteiger charge is -2.08. The SMILES string of the molecule is Cc1cccc(NC(=O)COC(=O)CCC(=O)Nc2ccc(Sc3ccc(Cl)cc3)cc2)c1. The first-order valence-corrected chi connectivity index (χ1v) is 11.4. The van der Waals surface area contributed by atoms with Gasteiger partial charge in [0.25, 0.3) is 5.91 Å². The number of hydrogen-bond donors (Lipinski definition) is 2. The molecule has 3 rings (SSSR count). The smallest absolute Gasteiger partial charge is 0.306 e. The van der Waals surface area contributed by atoms with Gasteiger partial charge < -0.3 is 15.4 Å². The van der Waals surface area contributed by atoms with Crippen LogP contribution >= 0.6 is 23.4 Å². The zero-order valence-electron chi connectivity index (χ0n) is 18.0.